The number of hydrogen-bond donors (Lipinski definition) is 0. The third-order valence-corrected chi connectivity index (χ3v) is 5.88. The molecule has 4 aromatic rings. The standard InChI is InChI=1S/C30H28N2O5/c33-32-28-22-26(24-9-5-2-6-10-24)12-14-30(28)37-20-18-35-16-15-34-17-19-36-29-13-11-25(21-27(29)31-32)23-7-3-1-4-8-23/h1-14,21-22H,15-20H2. The van der Waals surface area contributed by atoms with Crippen LogP contribution < -0.4 is 9.47 Å². The summed E-state index contributed by atoms with van der Waals surface area (Å²) in [7, 11) is 0. The third kappa shape index (κ3) is 6.33. The van der Waals surface area contributed by atoms with Crippen LogP contribution in [-0.2, 0) is 9.47 Å². The molecule has 0 N–H and O–H groups in total. The molecule has 0 radical (unpaired) electrons. The zero-order chi connectivity index (χ0) is 25.3. The van der Waals surface area contributed by atoms with Gasteiger partial charge in [0, 0.05) is 11.2 Å². The second kappa shape index (κ2) is 12.2. The summed E-state index contributed by atoms with van der Waals surface area (Å²) >= 11 is 0. The topological polar surface area (TPSA) is 75.4 Å². The molecule has 0 atom stereocenters. The summed E-state index contributed by atoms with van der Waals surface area (Å²) in [6.07, 6.45) is 0. The molecule has 4 aromatic carbocycles. The third-order valence-electron chi connectivity index (χ3n) is 5.88. The van der Waals surface area contributed by atoms with Gasteiger partial charge in [-0.25, -0.2) is 0 Å². The van der Waals surface area contributed by atoms with Crippen molar-refractivity contribution in [3.63, 3.8) is 0 Å². The minimum atomic E-state index is 0.295. The molecular formula is C30H28N2O5. The highest BCUT2D eigenvalue weighted by Gasteiger charge is 2.18. The van der Waals surface area contributed by atoms with Crippen LogP contribution in [0.2, 0.25) is 0 Å². The van der Waals surface area contributed by atoms with Gasteiger partial charge in [0.25, 0.3) is 5.69 Å². The number of azo groups is 1. The number of rotatable bonds is 2. The molecule has 0 saturated heterocycles. The van der Waals surface area contributed by atoms with Crippen molar-refractivity contribution >= 4 is 11.4 Å². The average molecular weight is 497 g/mol. The number of benzene rings is 4. The van der Waals surface area contributed by atoms with Gasteiger partial charge in [-0.05, 0) is 45.3 Å². The number of nitrogens with zero attached hydrogens (tertiary/aromatic N) is 2. The predicted octanol–water partition coefficient (Wildman–Crippen LogP) is 6.75. The molecular weight excluding hydrogens is 468 g/mol. The van der Waals surface area contributed by atoms with Crippen molar-refractivity contribution in [2.75, 3.05) is 39.6 Å². The van der Waals surface area contributed by atoms with Crippen molar-refractivity contribution < 1.29 is 23.8 Å². The lowest BCUT2D eigenvalue weighted by molar-refractivity contribution is -0.436. The van der Waals surface area contributed by atoms with E-state index in [0.29, 0.717) is 67.4 Å². The van der Waals surface area contributed by atoms with Crippen molar-refractivity contribution in [2.45, 2.75) is 0 Å². The Balaban J connectivity index is 1.58. The molecule has 1 heterocycles. The Morgan fingerprint density at radius 2 is 1.05 bits per heavy atom. The highest BCUT2D eigenvalue weighted by Crippen LogP contribution is 2.37. The fraction of sp³-hybridized carbons (Fsp3) is 0.200. The Morgan fingerprint density at radius 3 is 1.68 bits per heavy atom. The minimum absolute atomic E-state index is 0.295. The molecule has 0 aliphatic carbocycles. The van der Waals surface area contributed by atoms with Gasteiger partial charge in [-0.2, -0.15) is 0 Å². The number of fused-ring (bicyclic) bond motifs is 2. The van der Waals surface area contributed by atoms with E-state index in [4.69, 9.17) is 18.9 Å². The molecule has 7 nitrogen and oxygen atoms in total. The summed E-state index contributed by atoms with van der Waals surface area (Å²) in [4.78, 5) is 0.599. The van der Waals surface area contributed by atoms with E-state index in [2.05, 4.69) is 5.11 Å². The molecule has 1 aliphatic heterocycles. The Bertz CT molecular complexity index is 1340. The molecule has 0 fully saturated rings. The first-order chi connectivity index (χ1) is 18.3. The maximum absolute atomic E-state index is 13.6. The summed E-state index contributed by atoms with van der Waals surface area (Å²) < 4.78 is 23.0. The van der Waals surface area contributed by atoms with E-state index in [1.807, 2.05) is 84.9 Å². The van der Waals surface area contributed by atoms with Crippen LogP contribution in [0.15, 0.2) is 102 Å². The van der Waals surface area contributed by atoms with Gasteiger partial charge in [-0.15, -0.1) is 0 Å². The zero-order valence-corrected chi connectivity index (χ0v) is 20.4. The fourth-order valence-electron chi connectivity index (χ4n) is 4.02. The van der Waals surface area contributed by atoms with E-state index in [1.54, 1.807) is 12.1 Å². The van der Waals surface area contributed by atoms with Gasteiger partial charge in [-0.1, -0.05) is 72.8 Å². The average Bonchev–Trinajstić information content (AvgIpc) is 2.95. The van der Waals surface area contributed by atoms with E-state index >= 15 is 0 Å². The van der Waals surface area contributed by atoms with Crippen LogP contribution >= 0.6 is 0 Å². The van der Waals surface area contributed by atoms with Crippen LogP contribution in [0.3, 0.4) is 0 Å². The summed E-state index contributed by atoms with van der Waals surface area (Å²) in [5, 5.41) is 18.0. The Kier molecular flexibility index (Phi) is 8.05. The molecule has 7 heteroatoms. The number of hydrogen-bond acceptors (Lipinski definition) is 6. The van der Waals surface area contributed by atoms with Crippen molar-refractivity contribution in [1.29, 1.82) is 0 Å². The second-order valence-electron chi connectivity index (χ2n) is 8.39. The lowest BCUT2D eigenvalue weighted by Crippen LogP contribution is -2.14. The maximum Gasteiger partial charge on any atom is 0.287 e. The highest BCUT2D eigenvalue weighted by molar-refractivity contribution is 5.71. The summed E-state index contributed by atoms with van der Waals surface area (Å²) in [5.74, 6) is 0.918. The van der Waals surface area contributed by atoms with E-state index in [9.17, 15) is 5.21 Å². The molecule has 37 heavy (non-hydrogen) atoms. The lowest BCUT2D eigenvalue weighted by atomic mass is 10.0. The lowest BCUT2D eigenvalue weighted by Gasteiger charge is -2.14. The van der Waals surface area contributed by atoms with Gasteiger partial charge in [0.2, 0.25) is 0 Å². The van der Waals surface area contributed by atoms with Crippen LogP contribution in [0.5, 0.6) is 11.5 Å². The van der Waals surface area contributed by atoms with Gasteiger partial charge in [-0.3, -0.25) is 0 Å². The van der Waals surface area contributed by atoms with E-state index < -0.39 is 0 Å². The first-order valence-electron chi connectivity index (χ1n) is 12.3. The molecule has 0 bridgehead atoms. The van der Waals surface area contributed by atoms with E-state index in [-0.39, 0.29) is 0 Å². The predicted molar refractivity (Wildman–Crippen MR) is 142 cm³/mol. The number of ether oxygens (including phenoxy) is 4. The summed E-state index contributed by atoms with van der Waals surface area (Å²) in [6, 6.07) is 31.0. The van der Waals surface area contributed by atoms with Crippen LogP contribution in [0.1, 0.15) is 0 Å². The van der Waals surface area contributed by atoms with Gasteiger partial charge < -0.3 is 24.2 Å². The zero-order valence-electron chi connectivity index (χ0n) is 20.4. The molecule has 188 valence electrons. The monoisotopic (exact) mass is 496 g/mol. The smallest absolute Gasteiger partial charge is 0.287 e. The second-order valence-corrected chi connectivity index (χ2v) is 8.39. The van der Waals surface area contributed by atoms with Crippen molar-refractivity contribution in [1.82, 2.24) is 0 Å². The Labute approximate surface area is 216 Å². The van der Waals surface area contributed by atoms with Gasteiger partial charge in [0.05, 0.1) is 26.4 Å². The molecule has 0 amide bonds. The van der Waals surface area contributed by atoms with Gasteiger partial charge in [0.15, 0.2) is 17.2 Å². The molecule has 0 unspecified atom stereocenters. The normalized spacial score (nSPS) is 14.9. The van der Waals surface area contributed by atoms with Crippen LogP contribution in [0.4, 0.5) is 11.4 Å². The van der Waals surface area contributed by atoms with Crippen molar-refractivity contribution in [3.8, 4) is 33.8 Å². The molecule has 0 aromatic heterocycles. The first-order valence-corrected chi connectivity index (χ1v) is 12.3. The van der Waals surface area contributed by atoms with Gasteiger partial charge in [0.1, 0.15) is 13.2 Å². The highest BCUT2D eigenvalue weighted by atomic mass is 16.6. The maximum atomic E-state index is 13.6. The van der Waals surface area contributed by atoms with Crippen LogP contribution in [0.25, 0.3) is 22.3 Å². The Hall–Kier alpha value is -4.20. The van der Waals surface area contributed by atoms with Crippen LogP contribution in [0, 0.1) is 5.21 Å². The quantitative estimate of drug-likeness (QED) is 0.227. The molecule has 0 saturated carbocycles. The largest absolute Gasteiger partial charge is 0.594 e. The minimum Gasteiger partial charge on any atom is -0.594 e. The molecule has 0 spiro atoms. The van der Waals surface area contributed by atoms with E-state index in [1.165, 1.54) is 0 Å². The fourth-order valence-corrected chi connectivity index (χ4v) is 4.02. The first kappa shape index (κ1) is 24.5. The van der Waals surface area contributed by atoms with Crippen LogP contribution in [-0.4, -0.2) is 44.5 Å². The summed E-state index contributed by atoms with van der Waals surface area (Å²) in [5.41, 5.74) is 4.54. The van der Waals surface area contributed by atoms with Crippen molar-refractivity contribution in [2.24, 2.45) is 5.11 Å². The Morgan fingerprint density at radius 1 is 0.541 bits per heavy atom. The van der Waals surface area contributed by atoms with Crippen molar-refractivity contribution in [3.05, 3.63) is 102 Å². The summed E-state index contributed by atoms with van der Waals surface area (Å²) in [6.45, 7) is 2.29. The van der Waals surface area contributed by atoms with Gasteiger partial charge >= 0.3 is 0 Å². The molecule has 5 rings (SSSR count). The molecule has 1 aliphatic rings. The van der Waals surface area contributed by atoms with E-state index in [0.717, 1.165) is 22.3 Å². The SMILES string of the molecule is [O-][N+]1=Nc2cc(-c3ccccc3)ccc2OCCOCCOCCOc2ccc(-c3ccccc3)cc21.